The molecule has 2 heterocycles. The maximum absolute atomic E-state index is 12.2. The maximum Gasteiger partial charge on any atom is 0.389 e. The summed E-state index contributed by atoms with van der Waals surface area (Å²) in [4.78, 5) is 17.5. The van der Waals surface area contributed by atoms with Crippen molar-refractivity contribution in [2.45, 2.75) is 32.4 Å². The van der Waals surface area contributed by atoms with Gasteiger partial charge in [0.1, 0.15) is 5.69 Å². The van der Waals surface area contributed by atoms with Crippen LogP contribution in [-0.4, -0.2) is 33.4 Å². The van der Waals surface area contributed by atoms with Gasteiger partial charge in [-0.2, -0.15) is 18.3 Å². The summed E-state index contributed by atoms with van der Waals surface area (Å²) in [6.45, 7) is 2.00. The predicted octanol–water partition coefficient (Wildman–Crippen LogP) is 4.01. The molecule has 0 saturated carbocycles. The Labute approximate surface area is 142 Å². The van der Waals surface area contributed by atoms with Crippen LogP contribution in [0.4, 0.5) is 18.9 Å². The highest BCUT2D eigenvalue weighted by molar-refractivity contribution is 6.32. The number of aromatic nitrogens is 3. The van der Waals surface area contributed by atoms with Gasteiger partial charge < -0.3 is 4.90 Å². The average molecular weight is 361 g/mol. The average Bonchev–Trinajstić information content (AvgIpc) is 2.90. The van der Waals surface area contributed by atoms with Crippen LogP contribution >= 0.6 is 11.6 Å². The molecule has 0 N–H and O–H groups in total. The summed E-state index contributed by atoms with van der Waals surface area (Å²) in [5, 5.41) is 4.22. The Bertz CT molecular complexity index is 688. The number of alkyl halides is 3. The molecule has 9 heteroatoms. The van der Waals surface area contributed by atoms with Crippen molar-refractivity contribution in [1.82, 2.24) is 14.8 Å². The molecule has 24 heavy (non-hydrogen) atoms. The lowest BCUT2D eigenvalue weighted by molar-refractivity contribution is -0.137. The first kappa shape index (κ1) is 18.3. The standard InChI is InChI=1S/C15H16ClF3N4O/c1-2-22(13(24)6-3-7-15(17,18)19)12-10-23(21-14(12)16)11-5-4-8-20-9-11/h4-5,8-10H,2-3,6-7H2,1H3. The van der Waals surface area contributed by atoms with Crippen LogP contribution in [0.3, 0.4) is 0 Å². The van der Waals surface area contributed by atoms with E-state index in [2.05, 4.69) is 10.1 Å². The zero-order chi connectivity index (χ0) is 17.7. The van der Waals surface area contributed by atoms with Gasteiger partial charge in [0.15, 0.2) is 5.15 Å². The van der Waals surface area contributed by atoms with Crippen molar-refractivity contribution >= 4 is 23.2 Å². The second-order valence-corrected chi connectivity index (χ2v) is 5.43. The summed E-state index contributed by atoms with van der Waals surface area (Å²) in [5.41, 5.74) is 1.02. The summed E-state index contributed by atoms with van der Waals surface area (Å²) in [7, 11) is 0. The van der Waals surface area contributed by atoms with Crippen molar-refractivity contribution in [3.05, 3.63) is 35.9 Å². The van der Waals surface area contributed by atoms with E-state index in [1.807, 2.05) is 0 Å². The Morgan fingerprint density at radius 1 is 1.42 bits per heavy atom. The molecule has 0 aliphatic rings. The van der Waals surface area contributed by atoms with Crippen LogP contribution in [0.5, 0.6) is 0 Å². The van der Waals surface area contributed by atoms with Gasteiger partial charge in [-0.1, -0.05) is 11.6 Å². The van der Waals surface area contributed by atoms with Crippen LogP contribution in [0.25, 0.3) is 5.69 Å². The maximum atomic E-state index is 12.2. The fourth-order valence-corrected chi connectivity index (χ4v) is 2.43. The van der Waals surface area contributed by atoms with Crippen LogP contribution < -0.4 is 4.90 Å². The molecule has 0 spiro atoms. The van der Waals surface area contributed by atoms with E-state index in [9.17, 15) is 18.0 Å². The molecular formula is C15H16ClF3N4O. The number of hydrogen-bond donors (Lipinski definition) is 0. The molecule has 0 radical (unpaired) electrons. The van der Waals surface area contributed by atoms with E-state index in [0.29, 0.717) is 11.4 Å². The summed E-state index contributed by atoms with van der Waals surface area (Å²) in [6.07, 6.45) is -0.967. The van der Waals surface area contributed by atoms with Gasteiger partial charge in [-0.25, -0.2) is 4.68 Å². The third-order valence-corrected chi connectivity index (χ3v) is 3.59. The molecule has 0 bridgehead atoms. The number of hydrogen-bond acceptors (Lipinski definition) is 3. The first-order valence-corrected chi connectivity index (χ1v) is 7.72. The molecule has 1 amide bonds. The minimum Gasteiger partial charge on any atom is -0.309 e. The number of nitrogens with zero attached hydrogens (tertiary/aromatic N) is 4. The van der Waals surface area contributed by atoms with E-state index in [4.69, 9.17) is 11.6 Å². The smallest absolute Gasteiger partial charge is 0.309 e. The molecular weight excluding hydrogens is 345 g/mol. The van der Waals surface area contributed by atoms with Crippen molar-refractivity contribution in [2.24, 2.45) is 0 Å². The molecule has 2 rings (SSSR count). The number of amides is 1. The molecule has 2 aromatic rings. The van der Waals surface area contributed by atoms with E-state index >= 15 is 0 Å². The number of pyridine rings is 1. The minimum atomic E-state index is -4.26. The summed E-state index contributed by atoms with van der Waals surface area (Å²) < 4.78 is 38.1. The van der Waals surface area contributed by atoms with Gasteiger partial charge in [0.05, 0.1) is 18.1 Å². The quantitative estimate of drug-likeness (QED) is 0.782. The lowest BCUT2D eigenvalue weighted by atomic mass is 10.2. The largest absolute Gasteiger partial charge is 0.389 e. The van der Waals surface area contributed by atoms with Crippen LogP contribution in [0.15, 0.2) is 30.7 Å². The molecule has 0 saturated heterocycles. The Morgan fingerprint density at radius 3 is 2.75 bits per heavy atom. The molecule has 0 aliphatic carbocycles. The predicted molar refractivity (Wildman–Crippen MR) is 84.3 cm³/mol. The van der Waals surface area contributed by atoms with Crippen molar-refractivity contribution in [2.75, 3.05) is 11.4 Å². The molecule has 0 unspecified atom stereocenters. The van der Waals surface area contributed by atoms with Crippen molar-refractivity contribution in [3.63, 3.8) is 0 Å². The first-order chi connectivity index (χ1) is 11.3. The highest BCUT2D eigenvalue weighted by atomic mass is 35.5. The van der Waals surface area contributed by atoms with Crippen LogP contribution in [0.2, 0.25) is 5.15 Å². The molecule has 2 aromatic heterocycles. The van der Waals surface area contributed by atoms with Gasteiger partial charge in [0, 0.05) is 25.6 Å². The van der Waals surface area contributed by atoms with Crippen LogP contribution in [-0.2, 0) is 4.79 Å². The molecule has 0 atom stereocenters. The Morgan fingerprint density at radius 2 is 2.17 bits per heavy atom. The summed E-state index contributed by atoms with van der Waals surface area (Å²) >= 11 is 6.09. The zero-order valence-electron chi connectivity index (χ0n) is 12.9. The van der Waals surface area contributed by atoms with Crippen LogP contribution in [0.1, 0.15) is 26.2 Å². The van der Waals surface area contributed by atoms with Gasteiger partial charge in [0.25, 0.3) is 0 Å². The Balaban J connectivity index is 2.13. The van der Waals surface area contributed by atoms with Gasteiger partial charge >= 0.3 is 6.18 Å². The monoisotopic (exact) mass is 360 g/mol. The minimum absolute atomic E-state index is 0.102. The van der Waals surface area contributed by atoms with Crippen molar-refractivity contribution in [1.29, 1.82) is 0 Å². The SMILES string of the molecule is CCN(C(=O)CCCC(F)(F)F)c1cn(-c2cccnc2)nc1Cl. The number of rotatable bonds is 6. The molecule has 0 aromatic carbocycles. The fourth-order valence-electron chi connectivity index (χ4n) is 2.20. The van der Waals surface area contributed by atoms with E-state index < -0.39 is 18.5 Å². The number of anilines is 1. The highest BCUT2D eigenvalue weighted by Gasteiger charge is 2.27. The molecule has 0 aliphatic heterocycles. The van der Waals surface area contributed by atoms with Gasteiger partial charge in [-0.15, -0.1) is 0 Å². The first-order valence-electron chi connectivity index (χ1n) is 7.34. The van der Waals surface area contributed by atoms with E-state index in [0.717, 1.165) is 0 Å². The van der Waals surface area contributed by atoms with E-state index in [1.165, 1.54) is 9.58 Å². The number of carbonyl (C=O) groups is 1. The van der Waals surface area contributed by atoms with Gasteiger partial charge in [-0.05, 0) is 25.5 Å². The van der Waals surface area contributed by atoms with E-state index in [1.54, 1.807) is 37.6 Å². The highest BCUT2D eigenvalue weighted by Crippen LogP contribution is 2.27. The number of carbonyl (C=O) groups excluding carboxylic acids is 1. The molecule has 0 fully saturated rings. The third-order valence-electron chi connectivity index (χ3n) is 3.32. The Hall–Kier alpha value is -2.09. The second kappa shape index (κ2) is 7.65. The van der Waals surface area contributed by atoms with Crippen molar-refractivity contribution in [3.8, 4) is 5.69 Å². The number of halogens is 4. The normalized spacial score (nSPS) is 11.5. The molecule has 5 nitrogen and oxygen atoms in total. The zero-order valence-corrected chi connectivity index (χ0v) is 13.7. The fraction of sp³-hybridized carbons (Fsp3) is 0.400. The van der Waals surface area contributed by atoms with Crippen molar-refractivity contribution < 1.29 is 18.0 Å². The van der Waals surface area contributed by atoms with Gasteiger partial charge in [0.2, 0.25) is 5.91 Å². The second-order valence-electron chi connectivity index (χ2n) is 5.07. The van der Waals surface area contributed by atoms with E-state index in [-0.39, 0.29) is 24.5 Å². The third kappa shape index (κ3) is 4.70. The summed E-state index contributed by atoms with van der Waals surface area (Å²) in [5.74, 6) is -0.422. The lowest BCUT2D eigenvalue weighted by Crippen LogP contribution is -2.30. The molecule has 130 valence electrons. The summed E-state index contributed by atoms with van der Waals surface area (Å²) in [6, 6.07) is 3.49. The lowest BCUT2D eigenvalue weighted by Gasteiger charge is -2.19. The van der Waals surface area contributed by atoms with Crippen LogP contribution in [0, 0.1) is 0 Å². The Kier molecular flexibility index (Phi) is 5.82. The van der Waals surface area contributed by atoms with Gasteiger partial charge in [-0.3, -0.25) is 9.78 Å². The topological polar surface area (TPSA) is 51.0 Å².